The molecule has 0 bridgehead atoms. The first-order valence-electron chi connectivity index (χ1n) is 5.43. The monoisotopic (exact) mass is 340 g/mol. The number of carboxylic acid groups (broad SMARTS) is 1. The highest BCUT2D eigenvalue weighted by molar-refractivity contribution is 7.91. The number of halogens is 1. The Bertz CT molecular complexity index is 606. The second-order valence-electron chi connectivity index (χ2n) is 4.04. The molecule has 0 aliphatic carbocycles. The molecule has 0 fully saturated rings. The summed E-state index contributed by atoms with van der Waals surface area (Å²) in [6.45, 7) is 1.64. The lowest BCUT2D eigenvalue weighted by Gasteiger charge is -2.12. The quantitative estimate of drug-likeness (QED) is 0.673. The van der Waals surface area contributed by atoms with Gasteiger partial charge in [0.2, 0.25) is 5.91 Å². The zero-order valence-electron chi connectivity index (χ0n) is 10.4. The predicted molar refractivity (Wildman–Crippen MR) is 74.2 cm³/mol. The Kier molecular flexibility index (Phi) is 5.51. The number of hydrogen-bond donors (Lipinski definition) is 3. The summed E-state index contributed by atoms with van der Waals surface area (Å²) in [5.41, 5.74) is 5.50. The minimum absolute atomic E-state index is 0.0784. The van der Waals surface area contributed by atoms with Gasteiger partial charge >= 0.3 is 5.97 Å². The van der Waals surface area contributed by atoms with Gasteiger partial charge in [0.05, 0.1) is 4.34 Å². The molecule has 1 rings (SSSR count). The van der Waals surface area contributed by atoms with Crippen molar-refractivity contribution >= 4 is 44.8 Å². The molecule has 1 heterocycles. The molecule has 0 radical (unpaired) electrons. The molecule has 4 N–H and O–H groups in total. The van der Waals surface area contributed by atoms with Crippen LogP contribution in [0.1, 0.15) is 18.4 Å². The summed E-state index contributed by atoms with van der Waals surface area (Å²) in [5.74, 6) is -2.08. The highest BCUT2D eigenvalue weighted by Crippen LogP contribution is 2.30. The van der Waals surface area contributed by atoms with Gasteiger partial charge in [-0.25, -0.2) is 8.42 Å². The van der Waals surface area contributed by atoms with Crippen LogP contribution in [0.15, 0.2) is 10.3 Å². The van der Waals surface area contributed by atoms with Crippen molar-refractivity contribution in [1.82, 2.24) is 4.72 Å². The second-order valence-corrected chi connectivity index (χ2v) is 7.63. The predicted octanol–water partition coefficient (Wildman–Crippen LogP) is 0.707. The molecule has 0 spiro atoms. The summed E-state index contributed by atoms with van der Waals surface area (Å²) in [6.07, 6.45) is -0.453. The van der Waals surface area contributed by atoms with Crippen LogP contribution < -0.4 is 10.5 Å². The molecule has 1 atom stereocenters. The van der Waals surface area contributed by atoms with E-state index in [9.17, 15) is 18.0 Å². The zero-order valence-corrected chi connectivity index (χ0v) is 12.8. The minimum Gasteiger partial charge on any atom is -0.480 e. The maximum atomic E-state index is 12.0. The van der Waals surface area contributed by atoms with Gasteiger partial charge in [-0.15, -0.1) is 11.3 Å². The van der Waals surface area contributed by atoms with E-state index in [4.69, 9.17) is 22.4 Å². The molecular weight excluding hydrogens is 328 g/mol. The molecule has 20 heavy (non-hydrogen) atoms. The number of sulfonamides is 1. The number of carboxylic acids is 1. The summed E-state index contributed by atoms with van der Waals surface area (Å²) in [5, 5.41) is 8.95. The van der Waals surface area contributed by atoms with E-state index in [1.54, 1.807) is 6.92 Å². The fraction of sp³-hybridized carbons (Fsp3) is 0.400. The molecule has 10 heteroatoms. The van der Waals surface area contributed by atoms with Crippen molar-refractivity contribution in [1.29, 1.82) is 0 Å². The number of rotatable bonds is 7. The first kappa shape index (κ1) is 16.9. The van der Waals surface area contributed by atoms with Gasteiger partial charge in [0.25, 0.3) is 10.0 Å². The molecular formula is C10H13ClN2O5S2. The number of aryl methyl sites for hydroxylation is 1. The summed E-state index contributed by atoms with van der Waals surface area (Å²) in [6, 6.07) is -0.0730. The van der Waals surface area contributed by atoms with Gasteiger partial charge in [-0.2, -0.15) is 4.72 Å². The Hall–Kier alpha value is -1.16. The molecule has 0 aliphatic rings. The maximum absolute atomic E-state index is 12.0. The third-order valence-electron chi connectivity index (χ3n) is 2.37. The molecule has 1 aromatic rings. The van der Waals surface area contributed by atoms with E-state index in [1.165, 1.54) is 6.07 Å². The highest BCUT2D eigenvalue weighted by Gasteiger charge is 2.27. The fourth-order valence-electron chi connectivity index (χ4n) is 1.33. The molecule has 0 unspecified atom stereocenters. The zero-order chi connectivity index (χ0) is 15.5. The number of aliphatic carboxylic acids is 1. The van der Waals surface area contributed by atoms with E-state index in [1.807, 2.05) is 4.72 Å². The van der Waals surface area contributed by atoms with E-state index >= 15 is 0 Å². The maximum Gasteiger partial charge on any atom is 0.321 e. The van der Waals surface area contributed by atoms with Crippen LogP contribution in [0.4, 0.5) is 0 Å². The third-order valence-corrected chi connectivity index (χ3v) is 5.87. The van der Waals surface area contributed by atoms with Gasteiger partial charge in [0, 0.05) is 6.42 Å². The molecule has 0 saturated heterocycles. The van der Waals surface area contributed by atoms with Crippen molar-refractivity contribution in [3.05, 3.63) is 16.0 Å². The van der Waals surface area contributed by atoms with Crippen molar-refractivity contribution in [2.24, 2.45) is 5.73 Å². The Morgan fingerprint density at radius 1 is 1.55 bits per heavy atom. The van der Waals surface area contributed by atoms with Crippen LogP contribution in [0.3, 0.4) is 0 Å². The Morgan fingerprint density at radius 2 is 2.15 bits per heavy atom. The number of carbonyl (C=O) groups excluding carboxylic acids is 1. The average Bonchev–Trinajstić information content (AvgIpc) is 2.65. The molecule has 0 aliphatic heterocycles. The molecule has 1 amide bonds. The summed E-state index contributed by atoms with van der Waals surface area (Å²) in [7, 11) is -4.00. The molecule has 1 aromatic heterocycles. The van der Waals surface area contributed by atoms with Gasteiger partial charge in [0.1, 0.15) is 10.3 Å². The smallest absolute Gasteiger partial charge is 0.321 e. The molecule has 0 aromatic carbocycles. The van der Waals surface area contributed by atoms with Crippen molar-refractivity contribution in [3.8, 4) is 0 Å². The lowest BCUT2D eigenvalue weighted by Crippen LogP contribution is -2.41. The van der Waals surface area contributed by atoms with Gasteiger partial charge in [0.15, 0.2) is 0 Å². The molecule has 0 saturated carbocycles. The average molecular weight is 341 g/mol. The number of amides is 1. The van der Waals surface area contributed by atoms with E-state index < -0.39 is 27.9 Å². The first-order valence-corrected chi connectivity index (χ1v) is 8.10. The normalized spacial score (nSPS) is 13.1. The lowest BCUT2D eigenvalue weighted by atomic mass is 10.2. The van der Waals surface area contributed by atoms with Crippen LogP contribution in [0, 0.1) is 6.92 Å². The van der Waals surface area contributed by atoms with Crippen molar-refractivity contribution < 1.29 is 23.1 Å². The lowest BCUT2D eigenvalue weighted by molar-refractivity contribution is -0.139. The standard InChI is InChI=1S/C10H13ClN2O5S2/c1-5-4-8(19-9(5)11)20(17,18)13-6(10(15)16)2-3-7(12)14/h4,6,13H,2-3H2,1H3,(H2,12,14)(H,15,16)/t6-/m1/s1. The number of nitrogens with one attached hydrogen (secondary N) is 1. The summed E-state index contributed by atoms with van der Waals surface area (Å²) >= 11 is 6.62. The van der Waals surface area contributed by atoms with Gasteiger partial charge in [-0.1, -0.05) is 11.6 Å². The van der Waals surface area contributed by atoms with Crippen LogP contribution in [0.2, 0.25) is 4.34 Å². The number of nitrogens with two attached hydrogens (primary N) is 1. The van der Waals surface area contributed by atoms with Gasteiger partial charge in [-0.3, -0.25) is 9.59 Å². The molecule has 7 nitrogen and oxygen atoms in total. The summed E-state index contributed by atoms with van der Waals surface area (Å²) < 4.78 is 26.3. The summed E-state index contributed by atoms with van der Waals surface area (Å²) in [4.78, 5) is 21.6. The highest BCUT2D eigenvalue weighted by atomic mass is 35.5. The van der Waals surface area contributed by atoms with E-state index in [2.05, 4.69) is 0 Å². The van der Waals surface area contributed by atoms with Gasteiger partial charge < -0.3 is 10.8 Å². The fourth-order valence-corrected chi connectivity index (χ4v) is 4.28. The largest absolute Gasteiger partial charge is 0.480 e. The van der Waals surface area contributed by atoms with Crippen LogP contribution in [0.25, 0.3) is 0 Å². The Labute approximate surface area is 124 Å². The van der Waals surface area contributed by atoms with Gasteiger partial charge in [-0.05, 0) is 25.0 Å². The number of hydrogen-bond acceptors (Lipinski definition) is 5. The van der Waals surface area contributed by atoms with Crippen LogP contribution in [0.5, 0.6) is 0 Å². The van der Waals surface area contributed by atoms with E-state index in [0.717, 1.165) is 11.3 Å². The number of primary amides is 1. The first-order chi connectivity index (χ1) is 9.13. The van der Waals surface area contributed by atoms with Crippen molar-refractivity contribution in [3.63, 3.8) is 0 Å². The topological polar surface area (TPSA) is 127 Å². The third kappa shape index (κ3) is 4.44. The Balaban J connectivity index is 2.91. The van der Waals surface area contributed by atoms with Crippen molar-refractivity contribution in [2.45, 2.75) is 30.0 Å². The van der Waals surface area contributed by atoms with Crippen LogP contribution in [-0.4, -0.2) is 31.4 Å². The molecule has 112 valence electrons. The SMILES string of the molecule is Cc1cc(S(=O)(=O)N[C@H](CCC(N)=O)C(=O)O)sc1Cl. The van der Waals surface area contributed by atoms with E-state index in [0.29, 0.717) is 9.90 Å². The second kappa shape index (κ2) is 6.53. The Morgan fingerprint density at radius 3 is 2.55 bits per heavy atom. The van der Waals surface area contributed by atoms with Crippen LogP contribution >= 0.6 is 22.9 Å². The van der Waals surface area contributed by atoms with E-state index in [-0.39, 0.29) is 17.1 Å². The minimum atomic E-state index is -4.00. The van der Waals surface area contributed by atoms with Crippen molar-refractivity contribution in [2.75, 3.05) is 0 Å². The number of carbonyl (C=O) groups is 2. The number of thiophene rings is 1. The van der Waals surface area contributed by atoms with Crippen LogP contribution in [-0.2, 0) is 19.6 Å².